The predicted octanol–water partition coefficient (Wildman–Crippen LogP) is 2.30. The molecular weight excluding hydrogens is 247 g/mol. The summed E-state index contributed by atoms with van der Waals surface area (Å²) in [6, 6.07) is 6.01. The van der Waals surface area contributed by atoms with E-state index in [0.29, 0.717) is 17.1 Å². The molecule has 0 aliphatic rings. The van der Waals surface area contributed by atoms with Crippen LogP contribution in [0.5, 0.6) is 5.88 Å². The molecule has 2 aromatic rings. The Morgan fingerprint density at radius 3 is 2.79 bits per heavy atom. The number of aromatic nitrogens is 2. The Hall–Kier alpha value is -2.17. The number of rotatable bonds is 4. The average molecular weight is 262 g/mol. The van der Waals surface area contributed by atoms with Crippen LogP contribution in [0.4, 0.5) is 4.39 Å². The van der Waals surface area contributed by atoms with E-state index in [1.165, 1.54) is 23.9 Å². The van der Waals surface area contributed by atoms with Gasteiger partial charge in [-0.15, -0.1) is 0 Å². The highest BCUT2D eigenvalue weighted by Crippen LogP contribution is 2.16. The molecule has 0 radical (unpaired) electrons. The largest absolute Gasteiger partial charge is 0.481 e. The van der Waals surface area contributed by atoms with E-state index < -0.39 is 0 Å². The quantitative estimate of drug-likeness (QED) is 0.794. The van der Waals surface area contributed by atoms with Gasteiger partial charge in [0.1, 0.15) is 11.5 Å². The lowest BCUT2D eigenvalue weighted by Crippen LogP contribution is -2.06. The molecule has 100 valence electrons. The molecule has 1 heterocycles. The van der Waals surface area contributed by atoms with Crippen molar-refractivity contribution in [2.45, 2.75) is 13.3 Å². The normalized spacial score (nSPS) is 10.5. The van der Waals surface area contributed by atoms with Crippen molar-refractivity contribution >= 4 is 5.78 Å². The van der Waals surface area contributed by atoms with Crippen molar-refractivity contribution in [2.75, 3.05) is 7.11 Å². The maximum absolute atomic E-state index is 13.2. The Kier molecular flexibility index (Phi) is 3.64. The summed E-state index contributed by atoms with van der Waals surface area (Å²) in [6.07, 6.45) is 0.129. The van der Waals surface area contributed by atoms with Gasteiger partial charge >= 0.3 is 0 Å². The second kappa shape index (κ2) is 5.22. The number of methoxy groups -OCH3 is 1. The lowest BCUT2D eigenvalue weighted by Gasteiger charge is -2.03. The number of carbonyl (C=O) groups is 1. The average Bonchev–Trinajstić information content (AvgIpc) is 2.75. The highest BCUT2D eigenvalue weighted by atomic mass is 19.1. The molecule has 0 saturated carbocycles. The van der Waals surface area contributed by atoms with Crippen LogP contribution < -0.4 is 4.74 Å². The smallest absolute Gasteiger partial charge is 0.211 e. The number of hydrogen-bond acceptors (Lipinski definition) is 3. The Morgan fingerprint density at radius 1 is 1.42 bits per heavy atom. The summed E-state index contributed by atoms with van der Waals surface area (Å²) in [5.41, 5.74) is 1.88. The minimum atomic E-state index is -0.341. The highest BCUT2D eigenvalue weighted by molar-refractivity contribution is 5.96. The van der Waals surface area contributed by atoms with Crippen molar-refractivity contribution in [1.82, 2.24) is 9.78 Å². The number of ketones is 1. The van der Waals surface area contributed by atoms with Crippen LogP contribution in [-0.4, -0.2) is 22.7 Å². The number of carbonyl (C=O) groups excluding carboxylic acids is 1. The number of hydrogen-bond donors (Lipinski definition) is 0. The van der Waals surface area contributed by atoms with Crippen molar-refractivity contribution < 1.29 is 13.9 Å². The van der Waals surface area contributed by atoms with E-state index in [2.05, 4.69) is 5.10 Å². The molecule has 0 aliphatic carbocycles. The minimum absolute atomic E-state index is 0.129. The van der Waals surface area contributed by atoms with E-state index in [0.717, 1.165) is 5.56 Å². The fraction of sp³-hybridized carbons (Fsp3) is 0.286. The van der Waals surface area contributed by atoms with E-state index in [-0.39, 0.29) is 18.0 Å². The van der Waals surface area contributed by atoms with E-state index in [9.17, 15) is 9.18 Å². The first kappa shape index (κ1) is 13.3. The maximum Gasteiger partial charge on any atom is 0.211 e. The van der Waals surface area contributed by atoms with E-state index in [4.69, 9.17) is 4.74 Å². The molecule has 1 aromatic heterocycles. The second-order valence-electron chi connectivity index (χ2n) is 4.37. The van der Waals surface area contributed by atoms with Crippen molar-refractivity contribution in [2.24, 2.45) is 7.05 Å². The lowest BCUT2D eigenvalue weighted by molar-refractivity contribution is 0.0987. The molecule has 0 spiro atoms. The monoisotopic (exact) mass is 262 g/mol. The van der Waals surface area contributed by atoms with Crippen LogP contribution in [0.3, 0.4) is 0 Å². The summed E-state index contributed by atoms with van der Waals surface area (Å²) < 4.78 is 19.7. The molecule has 0 amide bonds. The first-order valence-electron chi connectivity index (χ1n) is 5.87. The summed E-state index contributed by atoms with van der Waals surface area (Å²) in [6.45, 7) is 1.85. The van der Waals surface area contributed by atoms with Crippen LogP contribution in [0.2, 0.25) is 0 Å². The number of nitrogens with zero attached hydrogens (tertiary/aromatic N) is 2. The van der Waals surface area contributed by atoms with Gasteiger partial charge in [-0.1, -0.05) is 6.07 Å². The third kappa shape index (κ3) is 2.81. The standard InChI is InChI=1S/C14H15FN2O2/c1-9-4-5-11(15)6-10(9)7-13(18)12-8-14(19-3)17(2)16-12/h4-6,8H,7H2,1-3H3. The van der Waals surface area contributed by atoms with E-state index in [1.54, 1.807) is 19.2 Å². The van der Waals surface area contributed by atoms with Gasteiger partial charge in [0.25, 0.3) is 0 Å². The molecule has 0 N–H and O–H groups in total. The highest BCUT2D eigenvalue weighted by Gasteiger charge is 2.15. The van der Waals surface area contributed by atoms with Gasteiger partial charge in [-0.2, -0.15) is 5.10 Å². The van der Waals surface area contributed by atoms with Gasteiger partial charge in [0.05, 0.1) is 7.11 Å². The molecule has 19 heavy (non-hydrogen) atoms. The SMILES string of the molecule is COc1cc(C(=O)Cc2cc(F)ccc2C)nn1C. The van der Waals surface area contributed by atoms with Gasteiger partial charge in [-0.3, -0.25) is 4.79 Å². The van der Waals surface area contributed by atoms with Crippen molar-refractivity contribution in [3.63, 3.8) is 0 Å². The van der Waals surface area contributed by atoms with Crippen molar-refractivity contribution in [3.05, 3.63) is 46.9 Å². The Morgan fingerprint density at radius 2 is 2.16 bits per heavy atom. The van der Waals surface area contributed by atoms with Crippen LogP contribution in [0, 0.1) is 12.7 Å². The first-order chi connectivity index (χ1) is 9.01. The minimum Gasteiger partial charge on any atom is -0.481 e. The van der Waals surface area contributed by atoms with Gasteiger partial charge in [0.2, 0.25) is 5.88 Å². The number of halogens is 1. The fourth-order valence-electron chi connectivity index (χ4n) is 1.87. The topological polar surface area (TPSA) is 44.1 Å². The maximum atomic E-state index is 13.2. The Bertz CT molecular complexity index is 620. The summed E-state index contributed by atoms with van der Waals surface area (Å²) in [4.78, 5) is 12.1. The van der Waals surface area contributed by atoms with E-state index >= 15 is 0 Å². The van der Waals surface area contributed by atoms with Gasteiger partial charge in [-0.05, 0) is 30.2 Å². The number of aryl methyl sites for hydroxylation is 2. The summed E-state index contributed by atoms with van der Waals surface area (Å²) >= 11 is 0. The van der Waals surface area contributed by atoms with Gasteiger partial charge < -0.3 is 4.74 Å². The molecule has 0 saturated heterocycles. The molecule has 0 atom stereocenters. The molecule has 0 aliphatic heterocycles. The van der Waals surface area contributed by atoms with Crippen LogP contribution in [0.15, 0.2) is 24.3 Å². The summed E-state index contributed by atoms with van der Waals surface area (Å²) in [5.74, 6) is 0.0129. The van der Waals surface area contributed by atoms with Crippen LogP contribution >= 0.6 is 0 Å². The molecule has 1 aromatic carbocycles. The number of Topliss-reactive ketones (excluding diaryl/α,β-unsaturated/α-hetero) is 1. The molecule has 0 bridgehead atoms. The Labute approximate surface area is 110 Å². The second-order valence-corrected chi connectivity index (χ2v) is 4.37. The molecule has 2 rings (SSSR count). The number of benzene rings is 1. The van der Waals surface area contributed by atoms with Crippen molar-refractivity contribution in [3.8, 4) is 5.88 Å². The molecular formula is C14H15FN2O2. The molecule has 5 heteroatoms. The van der Waals surface area contributed by atoms with Crippen molar-refractivity contribution in [1.29, 1.82) is 0 Å². The third-order valence-corrected chi connectivity index (χ3v) is 2.99. The van der Waals surface area contributed by atoms with Gasteiger partial charge in [0.15, 0.2) is 5.78 Å². The zero-order valence-corrected chi connectivity index (χ0v) is 11.1. The first-order valence-corrected chi connectivity index (χ1v) is 5.87. The summed E-state index contributed by atoms with van der Waals surface area (Å²) in [5, 5.41) is 4.08. The zero-order chi connectivity index (χ0) is 14.0. The molecule has 0 unspecified atom stereocenters. The zero-order valence-electron chi connectivity index (χ0n) is 11.1. The number of ether oxygens (including phenoxy) is 1. The van der Waals surface area contributed by atoms with Crippen LogP contribution in [0.25, 0.3) is 0 Å². The fourth-order valence-corrected chi connectivity index (χ4v) is 1.87. The molecule has 4 nitrogen and oxygen atoms in total. The van der Waals surface area contributed by atoms with Crippen LogP contribution in [0.1, 0.15) is 21.6 Å². The summed E-state index contributed by atoms with van der Waals surface area (Å²) in [7, 11) is 3.21. The Balaban J connectivity index is 2.22. The van der Waals surface area contributed by atoms with Gasteiger partial charge in [-0.25, -0.2) is 9.07 Å². The van der Waals surface area contributed by atoms with Gasteiger partial charge in [0, 0.05) is 19.5 Å². The third-order valence-electron chi connectivity index (χ3n) is 2.99. The molecule has 0 fully saturated rings. The van der Waals surface area contributed by atoms with Crippen LogP contribution in [-0.2, 0) is 13.5 Å². The van der Waals surface area contributed by atoms with E-state index in [1.807, 2.05) is 6.92 Å². The predicted molar refractivity (Wildman–Crippen MR) is 68.9 cm³/mol. The lowest BCUT2D eigenvalue weighted by atomic mass is 10.0.